The molecular formula is C30H36O2. The Labute approximate surface area is 192 Å². The van der Waals surface area contributed by atoms with Crippen molar-refractivity contribution < 1.29 is 9.90 Å². The quantitative estimate of drug-likeness (QED) is 0.520. The smallest absolute Gasteiger partial charge is 0.335 e. The topological polar surface area (TPSA) is 37.3 Å². The van der Waals surface area contributed by atoms with Crippen LogP contribution in [0.15, 0.2) is 48.0 Å². The molecular weight excluding hydrogens is 392 g/mol. The standard InChI is InChI=1S/C30H36O2/c1-19-16-24-25(29(4,5)15-14-28(24,2)3)17-23(19)30-13-12-21(26(30)18-30)9-6-20-7-10-22(11-8-20)27(31)32/h7-11,16-17,26H,6,12-15,18H2,1-5H3,(H,31,32)/b21-9-. The minimum absolute atomic E-state index is 0.258. The number of hydrogen-bond acceptors (Lipinski definition) is 1. The van der Waals surface area contributed by atoms with E-state index < -0.39 is 5.97 Å². The third kappa shape index (κ3) is 3.34. The van der Waals surface area contributed by atoms with Crippen LogP contribution < -0.4 is 0 Å². The molecule has 2 aromatic carbocycles. The van der Waals surface area contributed by atoms with Crippen molar-refractivity contribution in [1.29, 1.82) is 0 Å². The highest BCUT2D eigenvalue weighted by atomic mass is 16.4. The molecule has 2 fully saturated rings. The van der Waals surface area contributed by atoms with E-state index in [0.717, 1.165) is 6.42 Å². The van der Waals surface area contributed by atoms with Crippen LogP contribution in [0.1, 0.15) is 98.0 Å². The van der Waals surface area contributed by atoms with Crippen LogP contribution >= 0.6 is 0 Å². The van der Waals surface area contributed by atoms with Crippen LogP contribution in [-0.2, 0) is 22.7 Å². The lowest BCUT2D eigenvalue weighted by molar-refractivity contribution is 0.0697. The molecule has 0 radical (unpaired) electrons. The summed E-state index contributed by atoms with van der Waals surface area (Å²) in [6.07, 6.45) is 9.61. The highest BCUT2D eigenvalue weighted by molar-refractivity contribution is 5.87. The fourth-order valence-corrected chi connectivity index (χ4v) is 6.58. The number of fused-ring (bicyclic) bond motifs is 2. The van der Waals surface area contributed by atoms with Gasteiger partial charge < -0.3 is 5.11 Å². The van der Waals surface area contributed by atoms with Crippen molar-refractivity contribution >= 4 is 5.97 Å². The van der Waals surface area contributed by atoms with Crippen molar-refractivity contribution in [3.8, 4) is 0 Å². The fraction of sp³-hybridized carbons (Fsp3) is 0.500. The zero-order valence-corrected chi connectivity index (χ0v) is 20.2. The summed E-state index contributed by atoms with van der Waals surface area (Å²) in [4.78, 5) is 11.1. The maximum absolute atomic E-state index is 11.1. The Morgan fingerprint density at radius 3 is 2.19 bits per heavy atom. The molecule has 2 heteroatoms. The Hall–Kier alpha value is -2.35. The van der Waals surface area contributed by atoms with E-state index in [-0.39, 0.29) is 10.8 Å². The molecule has 0 amide bonds. The molecule has 0 aromatic heterocycles. The first-order valence-corrected chi connectivity index (χ1v) is 12.2. The average molecular weight is 429 g/mol. The van der Waals surface area contributed by atoms with Gasteiger partial charge in [0.2, 0.25) is 0 Å². The minimum Gasteiger partial charge on any atom is -0.478 e. The Morgan fingerprint density at radius 1 is 0.969 bits per heavy atom. The van der Waals surface area contributed by atoms with Crippen molar-refractivity contribution in [2.24, 2.45) is 5.92 Å². The number of aromatic carboxylic acids is 1. The molecule has 1 N–H and O–H groups in total. The summed E-state index contributed by atoms with van der Waals surface area (Å²) in [7, 11) is 0. The Bertz CT molecular complexity index is 1120. The summed E-state index contributed by atoms with van der Waals surface area (Å²) in [6, 6.07) is 12.5. The molecule has 2 atom stereocenters. The second-order valence-electron chi connectivity index (χ2n) is 11.9. The lowest BCUT2D eigenvalue weighted by Crippen LogP contribution is -2.34. The summed E-state index contributed by atoms with van der Waals surface area (Å²) in [5.74, 6) is -0.169. The van der Waals surface area contributed by atoms with Crippen molar-refractivity contribution in [2.45, 2.75) is 89.4 Å². The van der Waals surface area contributed by atoms with E-state index in [0.29, 0.717) is 16.9 Å². The molecule has 2 nitrogen and oxygen atoms in total. The summed E-state index contributed by atoms with van der Waals surface area (Å²) in [5.41, 5.74) is 10.3. The molecule has 2 aromatic rings. The number of carbonyl (C=O) groups is 1. The van der Waals surface area contributed by atoms with Gasteiger partial charge >= 0.3 is 5.97 Å². The van der Waals surface area contributed by atoms with Crippen LogP contribution in [0.25, 0.3) is 0 Å². The molecule has 0 saturated heterocycles. The average Bonchev–Trinajstić information content (AvgIpc) is 3.37. The second-order valence-corrected chi connectivity index (χ2v) is 11.9. The zero-order valence-electron chi connectivity index (χ0n) is 20.2. The number of carboxylic acid groups (broad SMARTS) is 1. The molecule has 5 rings (SSSR count). The van der Waals surface area contributed by atoms with E-state index in [1.165, 1.54) is 43.2 Å². The molecule has 3 aliphatic carbocycles. The lowest BCUT2D eigenvalue weighted by Gasteiger charge is -2.43. The van der Waals surface area contributed by atoms with Gasteiger partial charge in [0.1, 0.15) is 0 Å². The van der Waals surface area contributed by atoms with Crippen LogP contribution in [0.3, 0.4) is 0 Å². The van der Waals surface area contributed by atoms with Crippen LogP contribution in [0, 0.1) is 12.8 Å². The van der Waals surface area contributed by atoms with Crippen LogP contribution in [0.2, 0.25) is 0 Å². The molecule has 2 unspecified atom stereocenters. The van der Waals surface area contributed by atoms with Gasteiger partial charge in [-0.05, 0) is 102 Å². The maximum atomic E-state index is 11.1. The zero-order chi connectivity index (χ0) is 22.9. The number of hydrogen-bond donors (Lipinski definition) is 1. The highest BCUT2D eigenvalue weighted by Gasteiger charge is 2.60. The first-order chi connectivity index (χ1) is 15.0. The van der Waals surface area contributed by atoms with Gasteiger partial charge in [-0.2, -0.15) is 0 Å². The monoisotopic (exact) mass is 428 g/mol. The van der Waals surface area contributed by atoms with Gasteiger partial charge in [-0.3, -0.25) is 0 Å². The van der Waals surface area contributed by atoms with Crippen molar-refractivity contribution in [3.05, 3.63) is 81.4 Å². The van der Waals surface area contributed by atoms with Gasteiger partial charge in [0.25, 0.3) is 0 Å². The van der Waals surface area contributed by atoms with E-state index in [2.05, 4.69) is 52.8 Å². The summed E-state index contributed by atoms with van der Waals surface area (Å²) < 4.78 is 0. The maximum Gasteiger partial charge on any atom is 0.335 e. The second kappa shape index (κ2) is 7.07. The number of allylic oxidation sites excluding steroid dienone is 2. The normalized spacial score (nSPS) is 28.3. The molecule has 2 saturated carbocycles. The predicted octanol–water partition coefficient (Wildman–Crippen LogP) is 7.26. The number of benzene rings is 2. The van der Waals surface area contributed by atoms with Crippen molar-refractivity contribution in [2.75, 3.05) is 0 Å². The number of carboxylic acids is 1. The minimum atomic E-state index is -0.861. The van der Waals surface area contributed by atoms with E-state index in [4.69, 9.17) is 5.11 Å². The van der Waals surface area contributed by atoms with Gasteiger partial charge in [-0.15, -0.1) is 0 Å². The fourth-order valence-electron chi connectivity index (χ4n) is 6.58. The molecule has 0 bridgehead atoms. The molecule has 0 spiro atoms. The lowest BCUT2D eigenvalue weighted by atomic mass is 9.62. The van der Waals surface area contributed by atoms with E-state index in [1.54, 1.807) is 34.4 Å². The third-order valence-corrected chi connectivity index (χ3v) is 8.92. The van der Waals surface area contributed by atoms with Crippen LogP contribution in [0.4, 0.5) is 0 Å². The number of rotatable bonds is 4. The molecule has 0 heterocycles. The van der Waals surface area contributed by atoms with E-state index in [1.807, 2.05) is 12.1 Å². The molecule has 32 heavy (non-hydrogen) atoms. The Kier molecular flexibility index (Phi) is 4.75. The van der Waals surface area contributed by atoms with E-state index in [9.17, 15) is 4.79 Å². The predicted molar refractivity (Wildman–Crippen MR) is 131 cm³/mol. The van der Waals surface area contributed by atoms with Crippen molar-refractivity contribution in [1.82, 2.24) is 0 Å². The first-order valence-electron chi connectivity index (χ1n) is 12.2. The third-order valence-electron chi connectivity index (χ3n) is 8.92. The largest absolute Gasteiger partial charge is 0.478 e. The highest BCUT2D eigenvalue weighted by Crippen LogP contribution is 2.67. The van der Waals surface area contributed by atoms with Gasteiger partial charge in [-0.25, -0.2) is 4.79 Å². The Balaban J connectivity index is 1.41. The number of aryl methyl sites for hydroxylation is 1. The van der Waals surface area contributed by atoms with E-state index >= 15 is 0 Å². The van der Waals surface area contributed by atoms with Gasteiger partial charge in [0.05, 0.1) is 5.56 Å². The summed E-state index contributed by atoms with van der Waals surface area (Å²) in [6.45, 7) is 12.0. The molecule has 0 aliphatic heterocycles. The molecule has 168 valence electrons. The van der Waals surface area contributed by atoms with Crippen LogP contribution in [0.5, 0.6) is 0 Å². The van der Waals surface area contributed by atoms with Gasteiger partial charge in [-0.1, -0.05) is 63.6 Å². The Morgan fingerprint density at radius 2 is 1.59 bits per heavy atom. The molecule has 3 aliphatic rings. The first kappa shape index (κ1) is 21.5. The SMILES string of the molecule is Cc1cc2c(cc1C13CC/C(=C/Cc4ccc(C(=O)O)cc4)C1C3)C(C)(C)CCC2(C)C. The van der Waals surface area contributed by atoms with Gasteiger partial charge in [0, 0.05) is 5.41 Å². The summed E-state index contributed by atoms with van der Waals surface area (Å²) in [5, 5.41) is 9.10. The van der Waals surface area contributed by atoms with Crippen LogP contribution in [-0.4, -0.2) is 11.1 Å². The summed E-state index contributed by atoms with van der Waals surface area (Å²) >= 11 is 0. The van der Waals surface area contributed by atoms with Gasteiger partial charge in [0.15, 0.2) is 0 Å². The van der Waals surface area contributed by atoms with Crippen molar-refractivity contribution in [3.63, 3.8) is 0 Å².